The van der Waals surface area contributed by atoms with E-state index in [2.05, 4.69) is 5.32 Å². The fourth-order valence-corrected chi connectivity index (χ4v) is 5.96. The van der Waals surface area contributed by atoms with E-state index in [9.17, 15) is 18.0 Å². The minimum atomic E-state index is -4.17. The highest BCUT2D eigenvalue weighted by molar-refractivity contribution is 7.92. The van der Waals surface area contributed by atoms with Crippen molar-refractivity contribution in [2.45, 2.75) is 45.2 Å². The van der Waals surface area contributed by atoms with Gasteiger partial charge in [-0.3, -0.25) is 13.9 Å². The van der Waals surface area contributed by atoms with Crippen molar-refractivity contribution in [1.29, 1.82) is 0 Å². The maximum atomic E-state index is 14.0. The van der Waals surface area contributed by atoms with E-state index in [4.69, 9.17) is 27.9 Å². The Hall–Kier alpha value is -3.27. The van der Waals surface area contributed by atoms with Crippen LogP contribution in [0.1, 0.15) is 33.3 Å². The van der Waals surface area contributed by atoms with Gasteiger partial charge in [-0.05, 0) is 68.3 Å². The summed E-state index contributed by atoms with van der Waals surface area (Å²) in [5.41, 5.74) is 0.713. The van der Waals surface area contributed by atoms with Gasteiger partial charge in [0.1, 0.15) is 18.3 Å². The molecule has 1 unspecified atom stereocenters. The number of benzene rings is 3. The standard InChI is InChI=1S/C30H35Cl2N3O5S/c1-5-40-24-16-14-23(15-17-24)35(41(38,39)25-10-7-6-8-11-25)20-29(36)34(22(4)30(37)33-18-21(2)3)19-26-27(31)12-9-13-28(26)32/h6-17,21-22H,5,18-20H2,1-4H3,(H,33,37). The van der Waals surface area contributed by atoms with Gasteiger partial charge in [0.2, 0.25) is 11.8 Å². The van der Waals surface area contributed by atoms with Gasteiger partial charge in [-0.25, -0.2) is 8.42 Å². The molecule has 3 rings (SSSR count). The maximum absolute atomic E-state index is 14.0. The Kier molecular flexibility index (Phi) is 11.5. The van der Waals surface area contributed by atoms with Crippen molar-refractivity contribution in [3.63, 3.8) is 0 Å². The Bertz CT molecular complexity index is 1410. The molecule has 0 aliphatic rings. The van der Waals surface area contributed by atoms with Crippen molar-refractivity contribution < 1.29 is 22.7 Å². The van der Waals surface area contributed by atoms with Gasteiger partial charge >= 0.3 is 0 Å². The minimum Gasteiger partial charge on any atom is -0.494 e. The second-order valence-corrected chi connectivity index (χ2v) is 12.5. The zero-order valence-electron chi connectivity index (χ0n) is 23.5. The van der Waals surface area contributed by atoms with Crippen LogP contribution in [0.5, 0.6) is 5.75 Å². The fraction of sp³-hybridized carbons (Fsp3) is 0.333. The van der Waals surface area contributed by atoms with Crippen LogP contribution >= 0.6 is 23.2 Å². The topological polar surface area (TPSA) is 96.0 Å². The summed E-state index contributed by atoms with van der Waals surface area (Å²) < 4.78 is 34.2. The van der Waals surface area contributed by atoms with E-state index in [-0.39, 0.29) is 29.0 Å². The summed E-state index contributed by atoms with van der Waals surface area (Å²) in [5.74, 6) is -0.236. The molecule has 0 aliphatic heterocycles. The van der Waals surface area contributed by atoms with Crippen LogP contribution in [0.4, 0.5) is 5.69 Å². The first-order chi connectivity index (χ1) is 19.4. The first kappa shape index (κ1) is 32.2. The lowest BCUT2D eigenvalue weighted by Gasteiger charge is -2.32. The number of ether oxygens (including phenoxy) is 1. The summed E-state index contributed by atoms with van der Waals surface area (Å²) in [4.78, 5) is 28.4. The van der Waals surface area contributed by atoms with Crippen molar-refractivity contribution in [3.8, 4) is 5.75 Å². The summed E-state index contributed by atoms with van der Waals surface area (Å²) in [6, 6.07) is 18.3. The third-order valence-electron chi connectivity index (χ3n) is 6.29. The molecule has 0 bridgehead atoms. The smallest absolute Gasteiger partial charge is 0.264 e. The number of carbonyl (C=O) groups excluding carboxylic acids is 2. The van der Waals surface area contributed by atoms with E-state index < -0.39 is 28.5 Å². The largest absolute Gasteiger partial charge is 0.494 e. The first-order valence-electron chi connectivity index (χ1n) is 13.3. The van der Waals surface area contributed by atoms with E-state index in [0.717, 1.165) is 4.31 Å². The van der Waals surface area contributed by atoms with E-state index >= 15 is 0 Å². The quantitative estimate of drug-likeness (QED) is 0.262. The van der Waals surface area contributed by atoms with Gasteiger partial charge in [-0.15, -0.1) is 0 Å². The number of hydrogen-bond donors (Lipinski definition) is 1. The van der Waals surface area contributed by atoms with E-state index in [0.29, 0.717) is 34.5 Å². The van der Waals surface area contributed by atoms with Gasteiger partial charge in [0.05, 0.1) is 17.2 Å². The number of amides is 2. The molecule has 11 heteroatoms. The van der Waals surface area contributed by atoms with Crippen molar-refractivity contribution in [3.05, 3.63) is 88.4 Å². The molecule has 0 heterocycles. The Morgan fingerprint density at radius 1 is 0.902 bits per heavy atom. The molecule has 2 amide bonds. The van der Waals surface area contributed by atoms with E-state index in [1.165, 1.54) is 17.0 Å². The first-order valence-corrected chi connectivity index (χ1v) is 15.5. The molecule has 1 atom stereocenters. The van der Waals surface area contributed by atoms with Gasteiger partial charge in [0.15, 0.2) is 0 Å². The molecule has 0 radical (unpaired) electrons. The SMILES string of the molecule is CCOc1ccc(N(CC(=O)N(Cc2c(Cl)cccc2Cl)C(C)C(=O)NCC(C)C)S(=O)(=O)c2ccccc2)cc1. The summed E-state index contributed by atoms with van der Waals surface area (Å²) in [7, 11) is -4.17. The van der Waals surface area contributed by atoms with E-state index in [1.54, 1.807) is 67.6 Å². The van der Waals surface area contributed by atoms with Crippen LogP contribution in [0.2, 0.25) is 10.0 Å². The van der Waals surface area contributed by atoms with Gasteiger partial charge in [0.25, 0.3) is 10.0 Å². The number of nitrogens with one attached hydrogen (secondary N) is 1. The van der Waals surface area contributed by atoms with Gasteiger partial charge in [-0.2, -0.15) is 0 Å². The molecule has 0 spiro atoms. The molecule has 0 fully saturated rings. The molecule has 0 aliphatic carbocycles. The molecule has 1 N–H and O–H groups in total. The molecule has 8 nitrogen and oxygen atoms in total. The van der Waals surface area contributed by atoms with Crippen molar-refractivity contribution in [2.75, 3.05) is 24.0 Å². The Balaban J connectivity index is 2.04. The van der Waals surface area contributed by atoms with Gasteiger partial charge in [0, 0.05) is 28.7 Å². The highest BCUT2D eigenvalue weighted by atomic mass is 35.5. The van der Waals surface area contributed by atoms with Crippen molar-refractivity contribution in [2.24, 2.45) is 5.92 Å². The summed E-state index contributed by atoms with van der Waals surface area (Å²) >= 11 is 12.8. The predicted molar refractivity (Wildman–Crippen MR) is 163 cm³/mol. The predicted octanol–water partition coefficient (Wildman–Crippen LogP) is 5.78. The minimum absolute atomic E-state index is 0.0186. The fourth-order valence-electron chi connectivity index (χ4n) is 4.01. The van der Waals surface area contributed by atoms with Crippen LogP contribution in [0, 0.1) is 5.92 Å². The molecule has 0 saturated carbocycles. The molecule has 3 aromatic carbocycles. The molecule has 3 aromatic rings. The second-order valence-electron chi connectivity index (χ2n) is 9.79. The number of hydrogen-bond acceptors (Lipinski definition) is 5. The zero-order valence-corrected chi connectivity index (χ0v) is 25.8. The van der Waals surface area contributed by atoms with E-state index in [1.807, 2.05) is 20.8 Å². The Morgan fingerprint density at radius 3 is 2.07 bits per heavy atom. The number of anilines is 1. The lowest BCUT2D eigenvalue weighted by atomic mass is 10.1. The molecule has 0 aromatic heterocycles. The van der Waals surface area contributed by atoms with Crippen LogP contribution in [0.15, 0.2) is 77.7 Å². The maximum Gasteiger partial charge on any atom is 0.264 e. The van der Waals surface area contributed by atoms with Crippen LogP contribution in [-0.2, 0) is 26.2 Å². The summed E-state index contributed by atoms with van der Waals surface area (Å²) in [6.07, 6.45) is 0. The van der Waals surface area contributed by atoms with Crippen molar-refractivity contribution in [1.82, 2.24) is 10.2 Å². The summed E-state index contributed by atoms with van der Waals surface area (Å²) in [6.45, 7) is 7.54. The van der Waals surface area contributed by atoms with Crippen LogP contribution in [-0.4, -0.2) is 50.9 Å². The molecular formula is C30H35Cl2N3O5S. The third-order valence-corrected chi connectivity index (χ3v) is 8.78. The average Bonchev–Trinajstić information content (AvgIpc) is 2.95. The zero-order chi connectivity index (χ0) is 30.2. The van der Waals surface area contributed by atoms with Crippen LogP contribution in [0.25, 0.3) is 0 Å². The number of carbonyl (C=O) groups is 2. The second kappa shape index (κ2) is 14.6. The lowest BCUT2D eigenvalue weighted by Crippen LogP contribution is -2.51. The molecule has 41 heavy (non-hydrogen) atoms. The van der Waals surface area contributed by atoms with Gasteiger partial charge < -0.3 is 15.0 Å². The highest BCUT2D eigenvalue weighted by Gasteiger charge is 2.33. The lowest BCUT2D eigenvalue weighted by molar-refractivity contribution is -0.139. The number of halogens is 2. The average molecular weight is 621 g/mol. The summed E-state index contributed by atoms with van der Waals surface area (Å²) in [5, 5.41) is 3.50. The third kappa shape index (κ3) is 8.38. The number of nitrogens with zero attached hydrogens (tertiary/aromatic N) is 2. The molecule has 220 valence electrons. The molecular weight excluding hydrogens is 585 g/mol. The monoisotopic (exact) mass is 619 g/mol. The van der Waals surface area contributed by atoms with Crippen molar-refractivity contribution >= 4 is 50.7 Å². The Morgan fingerprint density at radius 2 is 1.51 bits per heavy atom. The van der Waals surface area contributed by atoms with Gasteiger partial charge in [-0.1, -0.05) is 61.3 Å². The normalized spacial score (nSPS) is 12.1. The van der Waals surface area contributed by atoms with Crippen LogP contribution < -0.4 is 14.4 Å². The highest BCUT2D eigenvalue weighted by Crippen LogP contribution is 2.29. The Labute approximate surface area is 252 Å². The number of rotatable bonds is 13. The van der Waals surface area contributed by atoms with Crippen LogP contribution in [0.3, 0.4) is 0 Å². The molecule has 0 saturated heterocycles. The number of sulfonamides is 1.